The number of hydrogen-bond donors (Lipinski definition) is 0. The minimum absolute atomic E-state index is 0.0102. The molecule has 0 saturated carbocycles. The van der Waals surface area contributed by atoms with Crippen LogP contribution in [0.1, 0.15) is 94.2 Å². The van der Waals surface area contributed by atoms with Gasteiger partial charge in [-0.2, -0.15) is 0 Å². The minimum Gasteiger partial charge on any atom is -0.289 e. The first-order valence-electron chi connectivity index (χ1n) is 17.9. The molecular weight excluding hydrogens is 617 g/mol. The summed E-state index contributed by atoms with van der Waals surface area (Å²) < 4.78 is 0. The standard InChI is InChI=1S/C44H50O2Si2/c1-25(2)47(26(3)4,27(5)6)19-17-31-21-33-13-15-36-41-39(33)37(23-31)43(45)35-16-14-34-22-32(24-38(44(36)46)40(34)42(35)41)18-20-48(28(7)8,29(9)10)30(11)12/h13-16,21-30H,1-12H3. The molecule has 4 heteroatoms. The van der Waals surface area contributed by atoms with E-state index >= 15 is 0 Å². The maximum atomic E-state index is 14.4. The number of hydrogen-bond acceptors (Lipinski definition) is 2. The zero-order valence-corrected chi connectivity index (χ0v) is 32.9. The fraction of sp³-hybridized carbons (Fsp3) is 0.409. The molecule has 0 fully saturated rings. The van der Waals surface area contributed by atoms with E-state index in [4.69, 9.17) is 0 Å². The summed E-state index contributed by atoms with van der Waals surface area (Å²) in [6.07, 6.45) is 0. The topological polar surface area (TPSA) is 34.1 Å². The van der Waals surface area contributed by atoms with E-state index in [-0.39, 0.29) is 10.9 Å². The van der Waals surface area contributed by atoms with Crippen LogP contribution in [0.2, 0.25) is 33.2 Å². The first kappa shape index (κ1) is 34.2. The van der Waals surface area contributed by atoms with E-state index in [1.807, 2.05) is 36.4 Å². The normalized spacial score (nSPS) is 13.1. The Morgan fingerprint density at radius 2 is 0.750 bits per heavy atom. The average molecular weight is 667 g/mol. The van der Waals surface area contributed by atoms with Crippen LogP contribution in [0.25, 0.3) is 54.2 Å². The predicted molar refractivity (Wildman–Crippen MR) is 215 cm³/mol. The van der Waals surface area contributed by atoms with Crippen LogP contribution in [-0.2, 0) is 0 Å². The summed E-state index contributed by atoms with van der Waals surface area (Å²) >= 11 is 0. The molecular formula is C44H50O2Si2. The molecule has 6 rings (SSSR count). The Morgan fingerprint density at radius 3 is 1.04 bits per heavy atom. The molecule has 0 amide bonds. The van der Waals surface area contributed by atoms with Gasteiger partial charge in [0.05, 0.1) is 0 Å². The SMILES string of the molecule is CC(C)[Si](C#Cc1cc2ccc3c4c2c(c1)c(=O)c1ccc2cc(C#C[Si](C(C)C)(C(C)C)C(C)C)cc(c3=O)c2c1-4)(C(C)C)C(C)C. The molecule has 2 aliphatic rings. The molecule has 0 spiro atoms. The van der Waals surface area contributed by atoms with Crippen molar-refractivity contribution in [2.45, 2.75) is 116 Å². The van der Waals surface area contributed by atoms with Crippen molar-refractivity contribution in [1.82, 2.24) is 0 Å². The highest BCUT2D eigenvalue weighted by Gasteiger charge is 2.42. The van der Waals surface area contributed by atoms with Crippen molar-refractivity contribution in [1.29, 1.82) is 0 Å². The Morgan fingerprint density at radius 1 is 0.438 bits per heavy atom. The van der Waals surface area contributed by atoms with E-state index in [0.717, 1.165) is 43.8 Å². The van der Waals surface area contributed by atoms with Gasteiger partial charge >= 0.3 is 0 Å². The fourth-order valence-electron chi connectivity index (χ4n) is 9.85. The zero-order chi connectivity index (χ0) is 35.0. The van der Waals surface area contributed by atoms with Crippen LogP contribution in [0.5, 0.6) is 0 Å². The van der Waals surface area contributed by atoms with Crippen molar-refractivity contribution in [3.05, 3.63) is 80.1 Å². The molecule has 0 N–H and O–H groups in total. The van der Waals surface area contributed by atoms with Crippen molar-refractivity contribution in [2.24, 2.45) is 0 Å². The fourth-order valence-corrected chi connectivity index (χ4v) is 20.3. The zero-order valence-electron chi connectivity index (χ0n) is 30.9. The molecule has 0 aliphatic heterocycles. The lowest BCUT2D eigenvalue weighted by Gasteiger charge is -2.38. The maximum absolute atomic E-state index is 14.4. The van der Waals surface area contributed by atoms with Crippen LogP contribution in [0.4, 0.5) is 0 Å². The Labute approximate surface area is 288 Å². The highest BCUT2D eigenvalue weighted by Crippen LogP contribution is 2.46. The second-order valence-electron chi connectivity index (χ2n) is 16.2. The first-order chi connectivity index (χ1) is 22.6. The van der Waals surface area contributed by atoms with Gasteiger partial charge in [-0.25, -0.2) is 0 Å². The summed E-state index contributed by atoms with van der Waals surface area (Å²) in [6.45, 7) is 27.8. The van der Waals surface area contributed by atoms with Crippen molar-refractivity contribution in [3.63, 3.8) is 0 Å². The summed E-state index contributed by atoms with van der Waals surface area (Å²) in [6, 6.07) is 16.2. The van der Waals surface area contributed by atoms with Crippen molar-refractivity contribution >= 4 is 59.2 Å². The van der Waals surface area contributed by atoms with Gasteiger partial charge in [0.1, 0.15) is 16.1 Å². The van der Waals surface area contributed by atoms with Crippen molar-refractivity contribution < 1.29 is 0 Å². The van der Waals surface area contributed by atoms with E-state index in [1.54, 1.807) is 0 Å². The van der Waals surface area contributed by atoms with Crippen LogP contribution in [0, 0.1) is 22.9 Å². The molecule has 0 radical (unpaired) electrons. The third-order valence-corrected chi connectivity index (χ3v) is 24.6. The third-order valence-electron chi connectivity index (χ3n) is 12.0. The van der Waals surface area contributed by atoms with Gasteiger partial charge in [-0.1, -0.05) is 107 Å². The quantitative estimate of drug-likeness (QED) is 0.0767. The van der Waals surface area contributed by atoms with E-state index in [1.165, 1.54) is 0 Å². The maximum Gasteiger partial charge on any atom is 0.194 e. The lowest BCUT2D eigenvalue weighted by Crippen LogP contribution is -2.43. The Kier molecular flexibility index (Phi) is 8.55. The lowest BCUT2D eigenvalue weighted by molar-refractivity contribution is 0.838. The minimum atomic E-state index is -1.95. The monoisotopic (exact) mass is 666 g/mol. The smallest absolute Gasteiger partial charge is 0.194 e. The van der Waals surface area contributed by atoms with Gasteiger partial charge in [-0.15, -0.1) is 11.1 Å². The van der Waals surface area contributed by atoms with E-state index in [2.05, 4.69) is 118 Å². The van der Waals surface area contributed by atoms with Gasteiger partial charge < -0.3 is 0 Å². The molecule has 0 atom stereocenters. The van der Waals surface area contributed by atoms with Gasteiger partial charge in [-0.3, -0.25) is 9.59 Å². The largest absolute Gasteiger partial charge is 0.289 e. The summed E-state index contributed by atoms with van der Waals surface area (Å²) in [5.74, 6) is 7.16. The summed E-state index contributed by atoms with van der Waals surface area (Å²) in [5, 5.41) is 6.34. The molecule has 0 bridgehead atoms. The van der Waals surface area contributed by atoms with Crippen LogP contribution in [0.15, 0.2) is 58.1 Å². The van der Waals surface area contributed by atoms with Crippen molar-refractivity contribution in [2.75, 3.05) is 0 Å². The van der Waals surface area contributed by atoms with Gasteiger partial charge in [0.2, 0.25) is 0 Å². The van der Waals surface area contributed by atoms with Crippen LogP contribution in [0.3, 0.4) is 0 Å². The molecule has 246 valence electrons. The second-order valence-corrected chi connectivity index (χ2v) is 27.3. The third kappa shape index (κ3) is 4.82. The van der Waals surface area contributed by atoms with Gasteiger partial charge in [0, 0.05) is 54.6 Å². The Hall–Kier alpha value is -3.71. The van der Waals surface area contributed by atoms with Crippen LogP contribution >= 0.6 is 0 Å². The number of benzene rings is 6. The molecule has 2 aliphatic carbocycles. The molecule has 0 aromatic heterocycles. The van der Waals surface area contributed by atoms with E-state index in [9.17, 15) is 9.59 Å². The molecule has 48 heavy (non-hydrogen) atoms. The Balaban J connectivity index is 1.63. The molecule has 0 saturated heterocycles. The predicted octanol–water partition coefficient (Wildman–Crippen LogP) is 11.6. The molecule has 2 nitrogen and oxygen atoms in total. The highest BCUT2D eigenvalue weighted by molar-refractivity contribution is 6.91. The number of rotatable bonds is 6. The molecule has 0 unspecified atom stereocenters. The molecule has 4 aromatic rings. The van der Waals surface area contributed by atoms with E-state index < -0.39 is 16.1 Å². The summed E-state index contributed by atoms with van der Waals surface area (Å²) in [7, 11) is -3.91. The average Bonchev–Trinajstić information content (AvgIpc) is 3.01. The summed E-state index contributed by atoms with van der Waals surface area (Å²) in [5.41, 5.74) is 14.4. The van der Waals surface area contributed by atoms with Gasteiger partial charge in [0.25, 0.3) is 0 Å². The second kappa shape index (κ2) is 12.0. The van der Waals surface area contributed by atoms with Crippen LogP contribution in [-0.4, -0.2) is 16.1 Å². The summed E-state index contributed by atoms with van der Waals surface area (Å²) in [4.78, 5) is 28.7. The van der Waals surface area contributed by atoms with Crippen LogP contribution < -0.4 is 10.9 Å². The highest BCUT2D eigenvalue weighted by atomic mass is 28.3. The Bertz CT molecular complexity index is 2160. The van der Waals surface area contributed by atoms with Gasteiger partial charge in [0.15, 0.2) is 10.9 Å². The lowest BCUT2D eigenvalue weighted by atomic mass is 9.80. The molecule has 0 heterocycles. The molecule has 4 aromatic carbocycles. The van der Waals surface area contributed by atoms with Crippen molar-refractivity contribution in [3.8, 4) is 34.1 Å². The van der Waals surface area contributed by atoms with Gasteiger partial charge in [-0.05, 0) is 80.4 Å². The van der Waals surface area contributed by atoms with E-state index in [0.29, 0.717) is 54.8 Å². The first-order valence-corrected chi connectivity index (χ1v) is 22.4.